The Hall–Kier alpha value is -1.59. The van der Waals surface area contributed by atoms with Crippen LogP contribution >= 0.6 is 11.3 Å². The summed E-state index contributed by atoms with van der Waals surface area (Å²) in [4.78, 5) is 12.7. The molecule has 0 aliphatic rings. The third kappa shape index (κ3) is 2.63. The van der Waals surface area contributed by atoms with Gasteiger partial charge in [0.1, 0.15) is 6.04 Å². The van der Waals surface area contributed by atoms with E-state index in [0.717, 1.165) is 5.69 Å². The summed E-state index contributed by atoms with van der Waals surface area (Å²) in [6.07, 6.45) is 0.440. The Morgan fingerprint density at radius 2 is 2.22 bits per heavy atom. The fourth-order valence-electron chi connectivity index (χ4n) is 1.84. The highest BCUT2D eigenvalue weighted by Gasteiger charge is 2.14. The number of aliphatic carboxylic acids is 1. The average Bonchev–Trinajstić information content (AvgIpc) is 2.79. The second kappa shape index (κ2) is 5.37. The molecular weight excluding hydrogens is 248 g/mol. The van der Waals surface area contributed by atoms with E-state index in [9.17, 15) is 4.79 Å². The Labute approximate surface area is 110 Å². The Morgan fingerprint density at radius 3 is 2.94 bits per heavy atom. The smallest absolute Gasteiger partial charge is 0.320 e. The molecule has 1 atom stereocenters. The van der Waals surface area contributed by atoms with Gasteiger partial charge in [0, 0.05) is 29.1 Å². The number of hydrogen-bond donors (Lipinski definition) is 2. The average molecular weight is 264 g/mol. The van der Waals surface area contributed by atoms with Crippen LogP contribution in [-0.2, 0) is 4.79 Å². The van der Waals surface area contributed by atoms with E-state index in [1.54, 1.807) is 11.3 Å². The first kappa shape index (κ1) is 12.9. The minimum Gasteiger partial charge on any atom is -0.480 e. The van der Waals surface area contributed by atoms with Crippen molar-refractivity contribution in [3.8, 4) is 0 Å². The first-order valence-corrected chi connectivity index (χ1v) is 6.63. The van der Waals surface area contributed by atoms with E-state index < -0.39 is 12.0 Å². The summed E-state index contributed by atoms with van der Waals surface area (Å²) in [6.45, 7) is 0.633. The highest BCUT2D eigenvalue weighted by molar-refractivity contribution is 7.17. The molecule has 96 valence electrons. The first-order valence-electron chi connectivity index (χ1n) is 5.75. The lowest BCUT2D eigenvalue weighted by molar-refractivity contribution is -0.138. The lowest BCUT2D eigenvalue weighted by Crippen LogP contribution is -2.34. The number of thiophene rings is 1. The van der Waals surface area contributed by atoms with Crippen LogP contribution in [0.25, 0.3) is 10.1 Å². The number of fused-ring (bicyclic) bond motifs is 1. The van der Waals surface area contributed by atoms with Crippen molar-refractivity contribution in [2.45, 2.75) is 12.5 Å². The number of carboxylic acid groups (broad SMARTS) is 1. The summed E-state index contributed by atoms with van der Waals surface area (Å²) in [5.74, 6) is -0.946. The maximum Gasteiger partial charge on any atom is 0.320 e. The Bertz CT molecular complexity index is 553. The van der Waals surface area contributed by atoms with Crippen molar-refractivity contribution in [3.63, 3.8) is 0 Å². The molecule has 0 amide bonds. The number of carbonyl (C=O) groups is 1. The van der Waals surface area contributed by atoms with Crippen molar-refractivity contribution in [3.05, 3.63) is 29.6 Å². The summed E-state index contributed by atoms with van der Waals surface area (Å²) >= 11 is 1.69. The molecule has 0 aliphatic carbocycles. The molecule has 1 aromatic heterocycles. The standard InChI is InChI=1S/C13H16N2O2S/c1-15(7-6-10(14)13(16)17)11-8-18-12-5-3-2-4-9(11)12/h2-5,8,10H,6-7,14H2,1H3,(H,16,17). The van der Waals surface area contributed by atoms with E-state index in [-0.39, 0.29) is 0 Å². The highest BCUT2D eigenvalue weighted by atomic mass is 32.1. The zero-order valence-corrected chi connectivity index (χ0v) is 11.0. The number of hydrogen-bond acceptors (Lipinski definition) is 4. The van der Waals surface area contributed by atoms with E-state index in [1.165, 1.54) is 10.1 Å². The molecule has 2 rings (SSSR count). The molecular formula is C13H16N2O2S. The van der Waals surface area contributed by atoms with Gasteiger partial charge in [-0.25, -0.2) is 0 Å². The minimum absolute atomic E-state index is 0.440. The van der Waals surface area contributed by atoms with E-state index >= 15 is 0 Å². The number of nitrogens with two attached hydrogens (primary N) is 1. The number of nitrogens with zero attached hydrogens (tertiary/aromatic N) is 1. The number of benzene rings is 1. The summed E-state index contributed by atoms with van der Waals surface area (Å²) < 4.78 is 1.24. The molecule has 0 saturated carbocycles. The van der Waals surface area contributed by atoms with Gasteiger partial charge in [0.25, 0.3) is 0 Å². The molecule has 1 aromatic carbocycles. The van der Waals surface area contributed by atoms with E-state index in [2.05, 4.69) is 22.4 Å². The van der Waals surface area contributed by atoms with E-state index in [4.69, 9.17) is 10.8 Å². The van der Waals surface area contributed by atoms with Crippen LogP contribution in [-0.4, -0.2) is 30.7 Å². The van der Waals surface area contributed by atoms with Crippen molar-refractivity contribution >= 4 is 33.1 Å². The maximum absolute atomic E-state index is 10.7. The fourth-order valence-corrected chi connectivity index (χ4v) is 2.84. The highest BCUT2D eigenvalue weighted by Crippen LogP contribution is 2.32. The molecule has 0 spiro atoms. The van der Waals surface area contributed by atoms with Crippen LogP contribution in [0, 0.1) is 0 Å². The Kier molecular flexibility index (Phi) is 3.84. The summed E-state index contributed by atoms with van der Waals surface area (Å²) in [5, 5.41) is 12.1. The van der Waals surface area contributed by atoms with Crippen molar-refractivity contribution in [1.29, 1.82) is 0 Å². The molecule has 1 unspecified atom stereocenters. The third-order valence-electron chi connectivity index (χ3n) is 2.96. The van der Waals surface area contributed by atoms with Crippen molar-refractivity contribution in [1.82, 2.24) is 0 Å². The van der Waals surface area contributed by atoms with Crippen LogP contribution in [0.4, 0.5) is 5.69 Å². The molecule has 0 saturated heterocycles. The summed E-state index contributed by atoms with van der Waals surface area (Å²) in [5.41, 5.74) is 6.64. The maximum atomic E-state index is 10.7. The predicted octanol–water partition coefficient (Wildman–Crippen LogP) is 2.14. The van der Waals surface area contributed by atoms with E-state index in [1.807, 2.05) is 19.2 Å². The molecule has 5 heteroatoms. The molecule has 18 heavy (non-hydrogen) atoms. The Balaban J connectivity index is 2.09. The van der Waals surface area contributed by atoms with Crippen LogP contribution in [0.5, 0.6) is 0 Å². The van der Waals surface area contributed by atoms with Gasteiger partial charge < -0.3 is 15.7 Å². The summed E-state index contributed by atoms with van der Waals surface area (Å²) in [7, 11) is 1.96. The topological polar surface area (TPSA) is 66.6 Å². The minimum atomic E-state index is -0.946. The number of anilines is 1. The second-order valence-corrected chi connectivity index (χ2v) is 5.18. The molecule has 0 bridgehead atoms. The lowest BCUT2D eigenvalue weighted by atomic mass is 10.2. The van der Waals surface area contributed by atoms with E-state index in [0.29, 0.717) is 13.0 Å². The molecule has 1 heterocycles. The predicted molar refractivity (Wildman–Crippen MR) is 75.3 cm³/mol. The molecule has 0 aliphatic heterocycles. The molecule has 2 aromatic rings. The third-order valence-corrected chi connectivity index (χ3v) is 3.92. The van der Waals surface area contributed by atoms with Gasteiger partial charge >= 0.3 is 5.97 Å². The van der Waals surface area contributed by atoms with Crippen molar-refractivity contribution in [2.24, 2.45) is 5.73 Å². The van der Waals surface area contributed by atoms with Gasteiger partial charge in [-0.3, -0.25) is 4.79 Å². The summed E-state index contributed by atoms with van der Waals surface area (Å²) in [6, 6.07) is 7.39. The molecule has 0 fully saturated rings. The SMILES string of the molecule is CN(CCC(N)C(=O)O)c1csc2ccccc12. The molecule has 4 nitrogen and oxygen atoms in total. The van der Waals surface area contributed by atoms with Gasteiger partial charge in [-0.2, -0.15) is 0 Å². The van der Waals surface area contributed by atoms with Crippen LogP contribution < -0.4 is 10.6 Å². The van der Waals surface area contributed by atoms with Gasteiger partial charge in [0.2, 0.25) is 0 Å². The monoisotopic (exact) mass is 264 g/mol. The number of rotatable bonds is 5. The zero-order chi connectivity index (χ0) is 13.1. The van der Waals surface area contributed by atoms with Gasteiger partial charge in [-0.15, -0.1) is 11.3 Å². The molecule has 0 radical (unpaired) electrons. The molecule has 3 N–H and O–H groups in total. The van der Waals surface area contributed by atoms with Gasteiger partial charge in [-0.1, -0.05) is 18.2 Å². The second-order valence-electron chi connectivity index (χ2n) is 4.27. The van der Waals surface area contributed by atoms with Crippen LogP contribution in [0.2, 0.25) is 0 Å². The van der Waals surface area contributed by atoms with Crippen LogP contribution in [0.3, 0.4) is 0 Å². The number of carboxylic acids is 1. The van der Waals surface area contributed by atoms with Crippen molar-refractivity contribution in [2.75, 3.05) is 18.5 Å². The first-order chi connectivity index (χ1) is 8.59. The normalized spacial score (nSPS) is 12.6. The van der Waals surface area contributed by atoms with Crippen LogP contribution in [0.15, 0.2) is 29.6 Å². The zero-order valence-electron chi connectivity index (χ0n) is 10.2. The quantitative estimate of drug-likeness (QED) is 0.868. The fraction of sp³-hybridized carbons (Fsp3) is 0.308. The van der Waals surface area contributed by atoms with Gasteiger partial charge in [0.15, 0.2) is 0 Å². The van der Waals surface area contributed by atoms with Crippen molar-refractivity contribution < 1.29 is 9.90 Å². The largest absolute Gasteiger partial charge is 0.480 e. The van der Waals surface area contributed by atoms with Gasteiger partial charge in [0.05, 0.1) is 5.69 Å². The van der Waals surface area contributed by atoms with Crippen LogP contribution in [0.1, 0.15) is 6.42 Å². The Morgan fingerprint density at radius 1 is 1.50 bits per heavy atom. The van der Waals surface area contributed by atoms with Gasteiger partial charge in [-0.05, 0) is 12.5 Å². The lowest BCUT2D eigenvalue weighted by Gasteiger charge is -2.19.